The zero-order valence-electron chi connectivity index (χ0n) is 8.16. The molecule has 5 atom stereocenters. The van der Waals surface area contributed by atoms with E-state index in [4.69, 9.17) is 14.6 Å². The quantitative estimate of drug-likeness (QED) is 0.559. The molecule has 1 aliphatic heterocycles. The molecule has 0 amide bonds. The van der Waals surface area contributed by atoms with E-state index in [1.807, 2.05) is 0 Å². The summed E-state index contributed by atoms with van der Waals surface area (Å²) in [7, 11) is 1.41. The molecule has 1 rings (SSSR count). The highest BCUT2D eigenvalue weighted by Gasteiger charge is 2.44. The maximum absolute atomic E-state index is 9.70. The van der Waals surface area contributed by atoms with E-state index in [0.29, 0.717) is 0 Å². The van der Waals surface area contributed by atoms with Crippen LogP contribution < -0.4 is 0 Å². The molecule has 1 fully saturated rings. The molecule has 5 nitrogen and oxygen atoms in total. The number of thioether (sulfide) groups is 1. The Kier molecular flexibility index (Phi) is 4.62. The summed E-state index contributed by atoms with van der Waals surface area (Å²) in [5.74, 6) is 0. The summed E-state index contributed by atoms with van der Waals surface area (Å²) >= 11 is 1.32. The van der Waals surface area contributed by atoms with Gasteiger partial charge in [-0.05, 0) is 6.26 Å². The Morgan fingerprint density at radius 2 is 2.00 bits per heavy atom. The largest absolute Gasteiger partial charge is 0.394 e. The van der Waals surface area contributed by atoms with Crippen LogP contribution >= 0.6 is 11.8 Å². The molecule has 0 aromatic rings. The maximum atomic E-state index is 9.70. The molecule has 0 saturated carbocycles. The third-order valence-electron chi connectivity index (χ3n) is 2.33. The van der Waals surface area contributed by atoms with Gasteiger partial charge in [0.2, 0.25) is 0 Å². The molecule has 3 N–H and O–H groups in total. The van der Waals surface area contributed by atoms with Gasteiger partial charge >= 0.3 is 0 Å². The first-order valence-corrected chi connectivity index (χ1v) is 5.62. The van der Waals surface area contributed by atoms with Gasteiger partial charge in [-0.1, -0.05) is 0 Å². The molecule has 0 aromatic heterocycles. The van der Waals surface area contributed by atoms with Crippen molar-refractivity contribution in [2.75, 3.05) is 20.0 Å². The highest BCUT2D eigenvalue weighted by Crippen LogP contribution is 2.28. The minimum atomic E-state index is -0.997. The average Bonchev–Trinajstić information content (AvgIpc) is 2.19. The Morgan fingerprint density at radius 3 is 2.43 bits per heavy atom. The fourth-order valence-corrected chi connectivity index (χ4v) is 2.21. The van der Waals surface area contributed by atoms with Crippen LogP contribution in [0.4, 0.5) is 0 Å². The van der Waals surface area contributed by atoms with Gasteiger partial charge in [-0.25, -0.2) is 0 Å². The predicted molar refractivity (Wildman–Crippen MR) is 52.1 cm³/mol. The number of aliphatic hydroxyl groups excluding tert-OH is 3. The van der Waals surface area contributed by atoms with E-state index in [9.17, 15) is 10.2 Å². The van der Waals surface area contributed by atoms with E-state index in [1.54, 1.807) is 6.26 Å². The fraction of sp³-hybridized carbons (Fsp3) is 1.00. The molecule has 5 unspecified atom stereocenters. The van der Waals surface area contributed by atoms with Crippen LogP contribution in [0.5, 0.6) is 0 Å². The highest BCUT2D eigenvalue weighted by atomic mass is 32.2. The lowest BCUT2D eigenvalue weighted by molar-refractivity contribution is -0.213. The van der Waals surface area contributed by atoms with Gasteiger partial charge in [-0.15, -0.1) is 11.8 Å². The normalized spacial score (nSPS) is 43.9. The van der Waals surface area contributed by atoms with E-state index >= 15 is 0 Å². The van der Waals surface area contributed by atoms with Crippen molar-refractivity contribution in [1.82, 2.24) is 0 Å². The van der Waals surface area contributed by atoms with E-state index in [2.05, 4.69) is 0 Å². The molecule has 1 saturated heterocycles. The van der Waals surface area contributed by atoms with Crippen LogP contribution in [0.15, 0.2) is 0 Å². The van der Waals surface area contributed by atoms with Gasteiger partial charge in [0, 0.05) is 7.11 Å². The molecule has 0 spiro atoms. The van der Waals surface area contributed by atoms with Crippen molar-refractivity contribution in [2.45, 2.75) is 29.9 Å². The smallest absolute Gasteiger partial charge is 0.132 e. The van der Waals surface area contributed by atoms with Crippen molar-refractivity contribution >= 4 is 11.8 Å². The SMILES string of the molecule is COC1C(O)C(CO)OC(SC)C1O. The summed E-state index contributed by atoms with van der Waals surface area (Å²) in [6, 6.07) is 0. The van der Waals surface area contributed by atoms with Gasteiger partial charge in [0.1, 0.15) is 29.9 Å². The van der Waals surface area contributed by atoms with Crippen molar-refractivity contribution in [1.29, 1.82) is 0 Å². The van der Waals surface area contributed by atoms with Crippen LogP contribution in [-0.4, -0.2) is 65.1 Å². The van der Waals surface area contributed by atoms with Crippen molar-refractivity contribution < 1.29 is 24.8 Å². The van der Waals surface area contributed by atoms with E-state index < -0.39 is 29.9 Å². The number of hydrogen-bond donors (Lipinski definition) is 3. The summed E-state index contributed by atoms with van der Waals surface area (Å²) < 4.78 is 10.2. The van der Waals surface area contributed by atoms with Crippen molar-refractivity contribution in [3.8, 4) is 0 Å². The Balaban J connectivity index is 2.72. The topological polar surface area (TPSA) is 79.2 Å². The molecule has 84 valence electrons. The zero-order valence-corrected chi connectivity index (χ0v) is 8.98. The standard InChI is InChI=1S/C8H16O5S/c1-12-7-5(10)4(3-9)13-8(14-2)6(7)11/h4-11H,3H2,1-2H3. The first-order valence-electron chi connectivity index (χ1n) is 4.33. The molecule has 1 aliphatic rings. The summed E-state index contributed by atoms with van der Waals surface area (Å²) in [5.41, 5.74) is -0.472. The van der Waals surface area contributed by atoms with Crippen molar-refractivity contribution in [3.63, 3.8) is 0 Å². The van der Waals surface area contributed by atoms with Gasteiger partial charge in [-0.2, -0.15) is 0 Å². The molecular formula is C8H16O5S. The number of hydrogen-bond acceptors (Lipinski definition) is 6. The molecule has 14 heavy (non-hydrogen) atoms. The Morgan fingerprint density at radius 1 is 1.36 bits per heavy atom. The second kappa shape index (κ2) is 5.29. The number of rotatable bonds is 3. The predicted octanol–water partition coefficient (Wildman–Crippen LogP) is -1.20. The number of aliphatic hydroxyl groups is 3. The van der Waals surface area contributed by atoms with Crippen LogP contribution in [-0.2, 0) is 9.47 Å². The molecule has 0 radical (unpaired) electrons. The zero-order chi connectivity index (χ0) is 10.7. The van der Waals surface area contributed by atoms with E-state index in [-0.39, 0.29) is 6.61 Å². The van der Waals surface area contributed by atoms with Gasteiger partial charge in [0.25, 0.3) is 0 Å². The Labute approximate surface area is 87.0 Å². The van der Waals surface area contributed by atoms with Gasteiger partial charge in [-0.3, -0.25) is 0 Å². The molecule has 0 aliphatic carbocycles. The molecule has 0 aromatic carbocycles. The maximum Gasteiger partial charge on any atom is 0.132 e. The summed E-state index contributed by atoms with van der Waals surface area (Å²) in [5, 5.41) is 28.3. The second-order valence-corrected chi connectivity index (χ2v) is 4.08. The third-order valence-corrected chi connectivity index (χ3v) is 3.18. The summed E-state index contributed by atoms with van der Waals surface area (Å²) in [6.07, 6.45) is -1.50. The first kappa shape index (κ1) is 12.2. The Hall–Kier alpha value is 0.150. The molecule has 1 heterocycles. The summed E-state index contributed by atoms with van der Waals surface area (Å²) in [6.45, 7) is -0.287. The lowest BCUT2D eigenvalue weighted by Gasteiger charge is -2.40. The van der Waals surface area contributed by atoms with Gasteiger partial charge in [0.05, 0.1) is 6.61 Å². The number of ether oxygens (including phenoxy) is 2. The number of methoxy groups -OCH3 is 1. The Bertz CT molecular complexity index is 163. The molecular weight excluding hydrogens is 208 g/mol. The third kappa shape index (κ3) is 2.21. The second-order valence-electron chi connectivity index (χ2n) is 3.14. The van der Waals surface area contributed by atoms with Gasteiger partial charge in [0.15, 0.2) is 0 Å². The lowest BCUT2D eigenvalue weighted by atomic mass is 10.0. The van der Waals surface area contributed by atoms with E-state index in [1.165, 1.54) is 18.9 Å². The van der Waals surface area contributed by atoms with Crippen molar-refractivity contribution in [3.05, 3.63) is 0 Å². The summed E-state index contributed by atoms with van der Waals surface area (Å²) in [4.78, 5) is 0. The fourth-order valence-electron chi connectivity index (χ4n) is 1.53. The highest BCUT2D eigenvalue weighted by molar-refractivity contribution is 7.99. The minimum Gasteiger partial charge on any atom is -0.394 e. The van der Waals surface area contributed by atoms with Crippen LogP contribution in [0.3, 0.4) is 0 Å². The van der Waals surface area contributed by atoms with Gasteiger partial charge < -0.3 is 24.8 Å². The van der Waals surface area contributed by atoms with Crippen LogP contribution in [0, 0.1) is 0 Å². The van der Waals surface area contributed by atoms with Crippen LogP contribution in [0.1, 0.15) is 0 Å². The van der Waals surface area contributed by atoms with Crippen molar-refractivity contribution in [2.24, 2.45) is 0 Å². The van der Waals surface area contributed by atoms with E-state index in [0.717, 1.165) is 0 Å². The average molecular weight is 224 g/mol. The molecule has 0 bridgehead atoms. The van der Waals surface area contributed by atoms with Crippen LogP contribution in [0.2, 0.25) is 0 Å². The lowest BCUT2D eigenvalue weighted by Crippen LogP contribution is -2.58. The first-order chi connectivity index (χ1) is 6.65. The molecule has 6 heteroatoms. The minimum absolute atomic E-state index is 0.287. The van der Waals surface area contributed by atoms with Crippen LogP contribution in [0.25, 0.3) is 0 Å². The monoisotopic (exact) mass is 224 g/mol.